The molecule has 184 valence electrons. The van der Waals surface area contributed by atoms with Crippen molar-refractivity contribution in [2.24, 2.45) is 0 Å². The predicted octanol–water partition coefficient (Wildman–Crippen LogP) is 5.26. The summed E-state index contributed by atoms with van der Waals surface area (Å²) < 4.78 is 31.7. The van der Waals surface area contributed by atoms with Crippen molar-refractivity contribution in [2.45, 2.75) is 31.8 Å². The molecular formula is C28H31FN2O4. The second-order valence-electron chi connectivity index (χ2n) is 9.11. The smallest absolute Gasteiger partial charge is 0.255 e. The number of anilines is 1. The summed E-state index contributed by atoms with van der Waals surface area (Å²) in [6, 6.07) is 15.7. The maximum atomic E-state index is 14.3. The molecule has 1 N–H and O–H groups in total. The molecule has 3 aromatic carbocycles. The van der Waals surface area contributed by atoms with Crippen LogP contribution in [0, 0.1) is 5.82 Å². The number of benzene rings is 3. The minimum Gasteiger partial charge on any atom is -0.492 e. The number of fused-ring (bicyclic) bond motifs is 1. The first kappa shape index (κ1) is 23.6. The van der Waals surface area contributed by atoms with Crippen LogP contribution in [-0.4, -0.2) is 56.4 Å². The lowest BCUT2D eigenvalue weighted by molar-refractivity contribution is 0.0323. The summed E-state index contributed by atoms with van der Waals surface area (Å²) in [6.07, 6.45) is 4.25. The second kappa shape index (κ2) is 11.1. The van der Waals surface area contributed by atoms with E-state index in [1.807, 2.05) is 36.4 Å². The fraction of sp³-hybridized carbons (Fsp3) is 0.393. The number of carbonyl (C=O) groups excluding carboxylic acids is 1. The number of nitrogens with one attached hydrogen (secondary N) is 1. The van der Waals surface area contributed by atoms with Gasteiger partial charge in [-0.25, -0.2) is 4.39 Å². The van der Waals surface area contributed by atoms with E-state index in [4.69, 9.17) is 14.2 Å². The summed E-state index contributed by atoms with van der Waals surface area (Å²) in [5.41, 5.74) is 0.876. The molecule has 1 amide bonds. The quantitative estimate of drug-likeness (QED) is 0.478. The molecule has 0 bridgehead atoms. The highest BCUT2D eigenvalue weighted by molar-refractivity contribution is 6.10. The van der Waals surface area contributed by atoms with E-state index in [9.17, 15) is 9.18 Å². The van der Waals surface area contributed by atoms with Crippen LogP contribution in [-0.2, 0) is 4.74 Å². The van der Waals surface area contributed by atoms with Crippen molar-refractivity contribution in [3.63, 3.8) is 0 Å². The highest BCUT2D eigenvalue weighted by Gasteiger charge is 2.19. The minimum absolute atomic E-state index is 0.0902. The van der Waals surface area contributed by atoms with Crippen LogP contribution in [0.5, 0.6) is 11.5 Å². The Kier molecular flexibility index (Phi) is 7.45. The number of ether oxygens (including phenoxy) is 3. The van der Waals surface area contributed by atoms with E-state index >= 15 is 0 Å². The SMILES string of the molecule is O=C(Nc1ccc(OCCN2CCOCC2)c2ccccc12)c1cc(F)cc(OC2CCCC2)c1. The fourth-order valence-corrected chi connectivity index (χ4v) is 4.77. The maximum absolute atomic E-state index is 14.3. The van der Waals surface area contributed by atoms with Crippen LogP contribution in [0.3, 0.4) is 0 Å². The van der Waals surface area contributed by atoms with E-state index in [2.05, 4.69) is 10.2 Å². The highest BCUT2D eigenvalue weighted by Crippen LogP contribution is 2.32. The number of morpholine rings is 1. The van der Waals surface area contributed by atoms with Crippen molar-refractivity contribution in [3.8, 4) is 11.5 Å². The van der Waals surface area contributed by atoms with E-state index in [0.717, 1.165) is 75.1 Å². The van der Waals surface area contributed by atoms with Gasteiger partial charge in [0.15, 0.2) is 0 Å². The van der Waals surface area contributed by atoms with Gasteiger partial charge in [-0.1, -0.05) is 24.3 Å². The van der Waals surface area contributed by atoms with Gasteiger partial charge >= 0.3 is 0 Å². The molecule has 0 unspecified atom stereocenters. The monoisotopic (exact) mass is 478 g/mol. The third-order valence-electron chi connectivity index (χ3n) is 6.64. The van der Waals surface area contributed by atoms with Gasteiger partial charge in [0.25, 0.3) is 5.91 Å². The minimum atomic E-state index is -0.487. The normalized spacial score (nSPS) is 16.9. The van der Waals surface area contributed by atoms with Gasteiger partial charge in [0, 0.05) is 47.7 Å². The molecular weight excluding hydrogens is 447 g/mol. The van der Waals surface area contributed by atoms with Crippen LogP contribution in [0.15, 0.2) is 54.6 Å². The third kappa shape index (κ3) is 5.92. The molecule has 5 rings (SSSR count). The van der Waals surface area contributed by atoms with Gasteiger partial charge in [-0.3, -0.25) is 9.69 Å². The Bertz CT molecular complexity index is 1170. The van der Waals surface area contributed by atoms with Crippen LogP contribution in [0.2, 0.25) is 0 Å². The number of carbonyl (C=O) groups is 1. The third-order valence-corrected chi connectivity index (χ3v) is 6.64. The zero-order valence-electron chi connectivity index (χ0n) is 19.8. The first-order valence-corrected chi connectivity index (χ1v) is 12.4. The number of hydrogen-bond donors (Lipinski definition) is 1. The van der Waals surface area contributed by atoms with Crippen molar-refractivity contribution in [3.05, 3.63) is 66.0 Å². The fourth-order valence-electron chi connectivity index (χ4n) is 4.77. The van der Waals surface area contributed by atoms with Gasteiger partial charge < -0.3 is 19.5 Å². The molecule has 0 aromatic heterocycles. The maximum Gasteiger partial charge on any atom is 0.255 e. The van der Waals surface area contributed by atoms with Gasteiger partial charge in [-0.05, 0) is 49.9 Å². The first-order chi connectivity index (χ1) is 17.2. The van der Waals surface area contributed by atoms with E-state index < -0.39 is 5.82 Å². The van der Waals surface area contributed by atoms with Crippen LogP contribution in [0.4, 0.5) is 10.1 Å². The number of hydrogen-bond acceptors (Lipinski definition) is 5. The zero-order valence-corrected chi connectivity index (χ0v) is 19.8. The van der Waals surface area contributed by atoms with Crippen molar-refractivity contribution in [2.75, 3.05) is 44.8 Å². The highest BCUT2D eigenvalue weighted by atomic mass is 19.1. The van der Waals surface area contributed by atoms with Crippen LogP contribution in [0.1, 0.15) is 36.0 Å². The number of amides is 1. The summed E-state index contributed by atoms with van der Waals surface area (Å²) in [5.74, 6) is 0.298. The standard InChI is InChI=1S/C28H31FN2O4/c29-21-17-20(18-23(19-21)35-22-5-1-2-6-22)28(32)30-26-9-10-27(25-8-4-3-7-24(25)26)34-16-13-31-11-14-33-15-12-31/h3-4,7-10,17-19,22H,1-2,5-6,11-16H2,(H,30,32). The molecule has 2 fully saturated rings. The molecule has 1 heterocycles. The molecule has 35 heavy (non-hydrogen) atoms. The summed E-state index contributed by atoms with van der Waals surface area (Å²) in [4.78, 5) is 15.4. The van der Waals surface area contributed by atoms with E-state index in [-0.39, 0.29) is 17.6 Å². The molecule has 3 aromatic rings. The van der Waals surface area contributed by atoms with Crippen molar-refractivity contribution >= 4 is 22.4 Å². The molecule has 0 atom stereocenters. The average Bonchev–Trinajstić information content (AvgIpc) is 3.38. The molecule has 2 aliphatic rings. The zero-order chi connectivity index (χ0) is 24.0. The Morgan fingerprint density at radius 3 is 2.60 bits per heavy atom. The molecule has 0 radical (unpaired) electrons. The summed E-state index contributed by atoms with van der Waals surface area (Å²) >= 11 is 0. The Morgan fingerprint density at radius 1 is 1.03 bits per heavy atom. The lowest BCUT2D eigenvalue weighted by atomic mass is 10.1. The van der Waals surface area contributed by atoms with E-state index in [1.165, 1.54) is 12.1 Å². The van der Waals surface area contributed by atoms with Crippen LogP contribution >= 0.6 is 0 Å². The van der Waals surface area contributed by atoms with Gasteiger partial charge in [0.05, 0.1) is 19.3 Å². The Labute approximate surface area is 205 Å². The average molecular weight is 479 g/mol. The summed E-state index contributed by atoms with van der Waals surface area (Å²) in [6.45, 7) is 4.77. The molecule has 1 aliphatic heterocycles. The van der Waals surface area contributed by atoms with Gasteiger partial charge in [0.2, 0.25) is 0 Å². The Morgan fingerprint density at radius 2 is 1.80 bits per heavy atom. The Hall–Kier alpha value is -3.16. The summed E-state index contributed by atoms with van der Waals surface area (Å²) in [5, 5.41) is 4.72. The summed E-state index contributed by atoms with van der Waals surface area (Å²) in [7, 11) is 0. The van der Waals surface area contributed by atoms with Crippen LogP contribution in [0.25, 0.3) is 10.8 Å². The second-order valence-corrected chi connectivity index (χ2v) is 9.11. The van der Waals surface area contributed by atoms with Gasteiger partial charge in [0.1, 0.15) is 23.9 Å². The topological polar surface area (TPSA) is 60.0 Å². The van der Waals surface area contributed by atoms with Gasteiger partial charge in [-0.2, -0.15) is 0 Å². The van der Waals surface area contributed by atoms with Gasteiger partial charge in [-0.15, -0.1) is 0 Å². The number of rotatable bonds is 8. The largest absolute Gasteiger partial charge is 0.492 e. The predicted molar refractivity (Wildman–Crippen MR) is 134 cm³/mol. The van der Waals surface area contributed by atoms with E-state index in [1.54, 1.807) is 6.07 Å². The molecule has 7 heteroatoms. The molecule has 6 nitrogen and oxygen atoms in total. The molecule has 1 saturated heterocycles. The van der Waals surface area contributed by atoms with Crippen molar-refractivity contribution in [1.29, 1.82) is 0 Å². The number of nitrogens with zero attached hydrogens (tertiary/aromatic N) is 1. The van der Waals surface area contributed by atoms with Crippen molar-refractivity contribution in [1.82, 2.24) is 4.90 Å². The van der Waals surface area contributed by atoms with Crippen LogP contribution < -0.4 is 14.8 Å². The van der Waals surface area contributed by atoms with E-state index in [0.29, 0.717) is 18.0 Å². The van der Waals surface area contributed by atoms with Crippen molar-refractivity contribution < 1.29 is 23.4 Å². The lowest BCUT2D eigenvalue weighted by Crippen LogP contribution is -2.38. The lowest BCUT2D eigenvalue weighted by Gasteiger charge is -2.26. The molecule has 0 spiro atoms. The Balaban J connectivity index is 1.29. The first-order valence-electron chi connectivity index (χ1n) is 12.4. The molecule has 1 aliphatic carbocycles. The molecule has 1 saturated carbocycles. The number of halogens is 1.